The van der Waals surface area contributed by atoms with Crippen molar-refractivity contribution in [2.24, 2.45) is 7.05 Å². The second kappa shape index (κ2) is 5.71. The molecule has 3 aromatic rings. The van der Waals surface area contributed by atoms with Gasteiger partial charge in [-0.25, -0.2) is 4.79 Å². The molecule has 4 heteroatoms. The summed E-state index contributed by atoms with van der Waals surface area (Å²) in [6, 6.07) is 16.5. The number of nitrogens with zero attached hydrogens (tertiary/aromatic N) is 2. The first-order valence-corrected chi connectivity index (χ1v) is 8.34. The van der Waals surface area contributed by atoms with Gasteiger partial charge in [-0.05, 0) is 48.1 Å². The summed E-state index contributed by atoms with van der Waals surface area (Å²) in [4.78, 5) is 14.7. The highest BCUT2D eigenvalue weighted by atomic mass is 16.2. The number of aromatic nitrogens is 1. The average molecular weight is 319 g/mol. The Bertz CT molecular complexity index is 912. The Kier molecular flexibility index (Phi) is 3.53. The Balaban J connectivity index is 1.56. The van der Waals surface area contributed by atoms with Crippen molar-refractivity contribution in [2.45, 2.75) is 19.4 Å². The lowest BCUT2D eigenvalue weighted by Crippen LogP contribution is -2.41. The number of hydrogen-bond acceptors (Lipinski definition) is 1. The molecule has 1 aliphatic heterocycles. The fourth-order valence-electron chi connectivity index (χ4n) is 3.58. The van der Waals surface area contributed by atoms with Crippen LogP contribution in [0.1, 0.15) is 24.1 Å². The van der Waals surface area contributed by atoms with Crippen LogP contribution in [-0.2, 0) is 13.5 Å². The molecule has 122 valence electrons. The maximum Gasteiger partial charge on any atom is 0.322 e. The van der Waals surface area contributed by atoms with Gasteiger partial charge in [0.15, 0.2) is 0 Å². The molecule has 0 spiro atoms. The number of amides is 2. The minimum absolute atomic E-state index is 0.0365. The van der Waals surface area contributed by atoms with E-state index in [-0.39, 0.29) is 12.1 Å². The quantitative estimate of drug-likeness (QED) is 0.712. The van der Waals surface area contributed by atoms with Crippen molar-refractivity contribution in [1.29, 1.82) is 0 Å². The normalized spacial score (nSPS) is 16.9. The van der Waals surface area contributed by atoms with Crippen molar-refractivity contribution in [1.82, 2.24) is 9.47 Å². The number of nitrogens with one attached hydrogen (secondary N) is 1. The molecule has 0 aliphatic carbocycles. The van der Waals surface area contributed by atoms with Gasteiger partial charge in [0, 0.05) is 31.0 Å². The first-order valence-electron chi connectivity index (χ1n) is 8.34. The molecule has 24 heavy (non-hydrogen) atoms. The average Bonchev–Trinajstić information content (AvgIpc) is 2.96. The third-order valence-electron chi connectivity index (χ3n) is 4.99. The number of carbonyl (C=O) groups is 1. The monoisotopic (exact) mass is 319 g/mol. The van der Waals surface area contributed by atoms with Crippen LogP contribution in [0.25, 0.3) is 10.9 Å². The molecular formula is C20H21N3O. The minimum atomic E-state index is -0.0365. The second-order valence-electron chi connectivity index (χ2n) is 6.45. The SMILES string of the molecule is CC1c2ccccc2CCN1C(=O)Nc1ccc2ccn(C)c2c1. The van der Waals surface area contributed by atoms with Crippen molar-refractivity contribution >= 4 is 22.6 Å². The Labute approximate surface area is 141 Å². The predicted molar refractivity (Wildman–Crippen MR) is 97.2 cm³/mol. The predicted octanol–water partition coefficient (Wildman–Crippen LogP) is 4.33. The fraction of sp³-hybridized carbons (Fsp3) is 0.250. The Hall–Kier alpha value is -2.75. The molecule has 0 saturated carbocycles. The third kappa shape index (κ3) is 2.44. The number of carbonyl (C=O) groups excluding carboxylic acids is 1. The topological polar surface area (TPSA) is 37.3 Å². The number of aryl methyl sites for hydroxylation is 1. The standard InChI is InChI=1S/C20H21N3O/c1-14-18-6-4-3-5-15(18)10-12-23(14)20(24)21-17-8-7-16-9-11-22(2)19(16)13-17/h3-9,11,13-14H,10,12H2,1-2H3,(H,21,24). The molecule has 1 aromatic heterocycles. The fourth-order valence-corrected chi connectivity index (χ4v) is 3.58. The molecule has 1 atom stereocenters. The summed E-state index contributed by atoms with van der Waals surface area (Å²) < 4.78 is 2.06. The van der Waals surface area contributed by atoms with E-state index in [1.165, 1.54) is 16.5 Å². The molecule has 1 aliphatic rings. The van der Waals surface area contributed by atoms with E-state index in [1.807, 2.05) is 42.4 Å². The molecule has 0 fully saturated rings. The van der Waals surface area contributed by atoms with E-state index in [0.717, 1.165) is 24.2 Å². The van der Waals surface area contributed by atoms with E-state index in [0.29, 0.717) is 0 Å². The van der Waals surface area contributed by atoms with Gasteiger partial charge in [-0.3, -0.25) is 0 Å². The number of urea groups is 1. The van der Waals surface area contributed by atoms with E-state index in [1.54, 1.807) is 0 Å². The maximum atomic E-state index is 12.8. The molecule has 4 rings (SSSR count). The Morgan fingerprint density at radius 2 is 2.00 bits per heavy atom. The van der Waals surface area contributed by atoms with Crippen molar-refractivity contribution in [3.63, 3.8) is 0 Å². The van der Waals surface area contributed by atoms with E-state index in [9.17, 15) is 4.79 Å². The summed E-state index contributed by atoms with van der Waals surface area (Å²) in [5.74, 6) is 0. The highest BCUT2D eigenvalue weighted by molar-refractivity contribution is 5.93. The summed E-state index contributed by atoms with van der Waals surface area (Å²) in [7, 11) is 2.01. The van der Waals surface area contributed by atoms with Gasteiger partial charge in [-0.15, -0.1) is 0 Å². The van der Waals surface area contributed by atoms with E-state index < -0.39 is 0 Å². The summed E-state index contributed by atoms with van der Waals surface area (Å²) in [5.41, 5.74) is 4.54. The largest absolute Gasteiger partial charge is 0.350 e. The molecular weight excluding hydrogens is 298 g/mol. The molecule has 2 aromatic carbocycles. The van der Waals surface area contributed by atoms with Gasteiger partial charge < -0.3 is 14.8 Å². The third-order valence-corrected chi connectivity index (χ3v) is 4.99. The molecule has 1 unspecified atom stereocenters. The highest BCUT2D eigenvalue weighted by Gasteiger charge is 2.27. The molecule has 0 bridgehead atoms. The highest BCUT2D eigenvalue weighted by Crippen LogP contribution is 2.30. The summed E-state index contributed by atoms with van der Waals surface area (Å²) in [5, 5.41) is 4.23. The lowest BCUT2D eigenvalue weighted by Gasteiger charge is -2.35. The second-order valence-corrected chi connectivity index (χ2v) is 6.45. The van der Waals surface area contributed by atoms with Crippen LogP contribution in [0.5, 0.6) is 0 Å². The zero-order chi connectivity index (χ0) is 16.7. The van der Waals surface area contributed by atoms with Crippen LogP contribution < -0.4 is 5.32 Å². The Morgan fingerprint density at radius 3 is 2.88 bits per heavy atom. The summed E-state index contributed by atoms with van der Waals surface area (Å²) >= 11 is 0. The van der Waals surface area contributed by atoms with Gasteiger partial charge in [0.1, 0.15) is 0 Å². The molecule has 0 saturated heterocycles. The zero-order valence-corrected chi connectivity index (χ0v) is 14.0. The molecule has 1 N–H and O–H groups in total. The zero-order valence-electron chi connectivity index (χ0n) is 14.0. The van der Waals surface area contributed by atoms with Crippen LogP contribution in [-0.4, -0.2) is 22.0 Å². The van der Waals surface area contributed by atoms with Crippen LogP contribution in [0, 0.1) is 0 Å². The van der Waals surface area contributed by atoms with Gasteiger partial charge in [0.2, 0.25) is 0 Å². The van der Waals surface area contributed by atoms with Crippen molar-refractivity contribution in [3.8, 4) is 0 Å². The molecule has 2 heterocycles. The van der Waals surface area contributed by atoms with Crippen molar-refractivity contribution < 1.29 is 4.79 Å². The summed E-state index contributed by atoms with van der Waals surface area (Å²) in [6.07, 6.45) is 2.94. The number of rotatable bonds is 1. The first kappa shape index (κ1) is 14.8. The Morgan fingerprint density at radius 1 is 1.17 bits per heavy atom. The first-order chi connectivity index (χ1) is 11.6. The van der Waals surface area contributed by atoms with Gasteiger partial charge in [0.05, 0.1) is 6.04 Å². The van der Waals surface area contributed by atoms with Gasteiger partial charge in [-0.1, -0.05) is 30.3 Å². The molecule has 4 nitrogen and oxygen atoms in total. The lowest BCUT2D eigenvalue weighted by molar-refractivity contribution is 0.188. The molecule has 2 amide bonds. The van der Waals surface area contributed by atoms with Crippen LogP contribution in [0.3, 0.4) is 0 Å². The number of anilines is 1. The van der Waals surface area contributed by atoms with Crippen LogP contribution in [0.2, 0.25) is 0 Å². The number of hydrogen-bond donors (Lipinski definition) is 1. The molecule has 0 radical (unpaired) electrons. The van der Waals surface area contributed by atoms with Gasteiger partial charge >= 0.3 is 6.03 Å². The van der Waals surface area contributed by atoms with Crippen LogP contribution >= 0.6 is 0 Å². The van der Waals surface area contributed by atoms with Crippen molar-refractivity contribution in [2.75, 3.05) is 11.9 Å². The van der Waals surface area contributed by atoms with E-state index >= 15 is 0 Å². The van der Waals surface area contributed by atoms with Gasteiger partial charge in [-0.2, -0.15) is 0 Å². The van der Waals surface area contributed by atoms with Crippen molar-refractivity contribution in [3.05, 3.63) is 65.9 Å². The van der Waals surface area contributed by atoms with Crippen LogP contribution in [0.4, 0.5) is 10.5 Å². The van der Waals surface area contributed by atoms with Gasteiger partial charge in [0.25, 0.3) is 0 Å². The van der Waals surface area contributed by atoms with E-state index in [4.69, 9.17) is 0 Å². The van der Waals surface area contributed by atoms with E-state index in [2.05, 4.69) is 41.1 Å². The lowest BCUT2D eigenvalue weighted by atomic mass is 9.94. The maximum absolute atomic E-state index is 12.8. The number of benzene rings is 2. The smallest absolute Gasteiger partial charge is 0.322 e. The number of fused-ring (bicyclic) bond motifs is 2. The minimum Gasteiger partial charge on any atom is -0.350 e. The summed E-state index contributed by atoms with van der Waals surface area (Å²) in [6.45, 7) is 2.84. The van der Waals surface area contributed by atoms with Crippen LogP contribution in [0.15, 0.2) is 54.7 Å².